The lowest BCUT2D eigenvalue weighted by atomic mass is 9.94. The average Bonchev–Trinajstić information content (AvgIpc) is 2.85. The number of benzene rings is 1. The molecular weight excluding hydrogens is 271 g/mol. The molecule has 4 nitrogen and oxygen atoms in total. The molecule has 0 saturated heterocycles. The molecule has 1 aromatic carbocycles. The van der Waals surface area contributed by atoms with Crippen LogP contribution in [0.2, 0.25) is 0 Å². The molecule has 0 aromatic heterocycles. The molecule has 1 fully saturated rings. The van der Waals surface area contributed by atoms with Crippen molar-refractivity contribution in [3.63, 3.8) is 0 Å². The molecule has 21 heavy (non-hydrogen) atoms. The van der Waals surface area contributed by atoms with Crippen molar-refractivity contribution in [3.05, 3.63) is 29.6 Å². The number of nitrogens with zero attached hydrogens (tertiary/aromatic N) is 1. The van der Waals surface area contributed by atoms with Gasteiger partial charge in [0, 0.05) is 25.6 Å². The lowest BCUT2D eigenvalue weighted by Crippen LogP contribution is -2.42. The van der Waals surface area contributed by atoms with Crippen LogP contribution >= 0.6 is 0 Å². The molecule has 1 aliphatic carbocycles. The zero-order valence-corrected chi connectivity index (χ0v) is 12.7. The zero-order chi connectivity index (χ0) is 15.5. The van der Waals surface area contributed by atoms with E-state index in [1.165, 1.54) is 13.2 Å². The van der Waals surface area contributed by atoms with Crippen molar-refractivity contribution < 1.29 is 13.9 Å². The molecule has 0 bridgehead atoms. The van der Waals surface area contributed by atoms with E-state index in [-0.39, 0.29) is 17.2 Å². The van der Waals surface area contributed by atoms with Gasteiger partial charge in [0.1, 0.15) is 0 Å². The highest BCUT2D eigenvalue weighted by molar-refractivity contribution is 5.77. The maximum Gasteiger partial charge on any atom is 0.224 e. The van der Waals surface area contributed by atoms with Crippen molar-refractivity contribution in [2.24, 2.45) is 5.73 Å². The fraction of sp³-hybridized carbons (Fsp3) is 0.562. The molecule has 2 rings (SSSR count). The summed E-state index contributed by atoms with van der Waals surface area (Å²) in [5.74, 6) is -0.197. The number of hydrogen-bond acceptors (Lipinski definition) is 3. The average molecular weight is 294 g/mol. The van der Waals surface area contributed by atoms with Crippen molar-refractivity contribution in [2.45, 2.75) is 44.2 Å². The summed E-state index contributed by atoms with van der Waals surface area (Å²) in [6.45, 7) is 0.371. The topological polar surface area (TPSA) is 55.6 Å². The minimum absolute atomic E-state index is 0.00984. The number of carbonyl (C=O) groups excluding carboxylic acids is 1. The monoisotopic (exact) mass is 294 g/mol. The van der Waals surface area contributed by atoms with E-state index < -0.39 is 5.82 Å². The van der Waals surface area contributed by atoms with E-state index in [0.29, 0.717) is 13.0 Å². The van der Waals surface area contributed by atoms with Crippen molar-refractivity contribution in [1.82, 2.24) is 4.90 Å². The normalized spacial score (nSPS) is 16.8. The molecule has 0 aliphatic heterocycles. The summed E-state index contributed by atoms with van der Waals surface area (Å²) < 4.78 is 18.5. The molecule has 0 radical (unpaired) electrons. The standard InChI is InChI=1S/C16H23FN2O2/c1-19(15(20)10-16(18)7-3-4-8-16)11-12-5-6-14(21-2)13(17)9-12/h5-6,9H,3-4,7-8,10-11,18H2,1-2H3. The van der Waals surface area contributed by atoms with Gasteiger partial charge in [-0.2, -0.15) is 0 Å². The Hall–Kier alpha value is -1.62. The van der Waals surface area contributed by atoms with Gasteiger partial charge in [-0.05, 0) is 30.5 Å². The maximum atomic E-state index is 13.6. The molecule has 116 valence electrons. The summed E-state index contributed by atoms with van der Waals surface area (Å²) in [5, 5.41) is 0. The van der Waals surface area contributed by atoms with Crippen molar-refractivity contribution >= 4 is 5.91 Å². The highest BCUT2D eigenvalue weighted by Crippen LogP contribution is 2.30. The van der Waals surface area contributed by atoms with Crippen LogP contribution in [0, 0.1) is 5.82 Å². The number of hydrogen-bond donors (Lipinski definition) is 1. The molecular formula is C16H23FN2O2. The zero-order valence-electron chi connectivity index (χ0n) is 12.7. The number of ether oxygens (including phenoxy) is 1. The van der Waals surface area contributed by atoms with Crippen LogP contribution in [0.25, 0.3) is 0 Å². The number of carbonyl (C=O) groups is 1. The second-order valence-corrected chi connectivity index (χ2v) is 5.96. The van der Waals surface area contributed by atoms with Crippen molar-refractivity contribution in [1.29, 1.82) is 0 Å². The minimum atomic E-state index is -0.415. The van der Waals surface area contributed by atoms with Crippen LogP contribution < -0.4 is 10.5 Å². The number of methoxy groups -OCH3 is 1. The van der Waals surface area contributed by atoms with E-state index in [9.17, 15) is 9.18 Å². The Morgan fingerprint density at radius 3 is 2.67 bits per heavy atom. The summed E-state index contributed by atoms with van der Waals surface area (Å²) in [7, 11) is 3.15. The van der Waals surface area contributed by atoms with Gasteiger partial charge in [0.05, 0.1) is 7.11 Å². The molecule has 1 amide bonds. The molecule has 0 atom stereocenters. The van der Waals surface area contributed by atoms with Gasteiger partial charge in [-0.1, -0.05) is 18.9 Å². The van der Waals surface area contributed by atoms with Crippen LogP contribution in [0.1, 0.15) is 37.7 Å². The van der Waals surface area contributed by atoms with Gasteiger partial charge in [-0.15, -0.1) is 0 Å². The van der Waals surface area contributed by atoms with Gasteiger partial charge in [-0.3, -0.25) is 4.79 Å². The Balaban J connectivity index is 1.95. The molecule has 5 heteroatoms. The first-order valence-corrected chi connectivity index (χ1v) is 7.29. The van der Waals surface area contributed by atoms with Crippen LogP contribution in [-0.4, -0.2) is 30.5 Å². The van der Waals surface area contributed by atoms with Gasteiger partial charge < -0.3 is 15.4 Å². The number of rotatable bonds is 5. The van der Waals surface area contributed by atoms with Crippen LogP contribution in [0.15, 0.2) is 18.2 Å². The van der Waals surface area contributed by atoms with E-state index in [2.05, 4.69) is 0 Å². The third-order valence-corrected chi connectivity index (χ3v) is 4.16. The SMILES string of the molecule is COc1ccc(CN(C)C(=O)CC2(N)CCCC2)cc1F. The highest BCUT2D eigenvalue weighted by atomic mass is 19.1. The van der Waals surface area contributed by atoms with Gasteiger partial charge >= 0.3 is 0 Å². The Bertz CT molecular complexity index is 513. The van der Waals surface area contributed by atoms with E-state index in [4.69, 9.17) is 10.5 Å². The number of halogens is 1. The van der Waals surface area contributed by atoms with Gasteiger partial charge in [-0.25, -0.2) is 4.39 Å². The number of nitrogens with two attached hydrogens (primary N) is 1. The molecule has 0 spiro atoms. The van der Waals surface area contributed by atoms with E-state index in [1.54, 1.807) is 24.1 Å². The summed E-state index contributed by atoms with van der Waals surface area (Å²) in [6, 6.07) is 4.74. The molecule has 2 N–H and O–H groups in total. The Kier molecular flexibility index (Phi) is 4.83. The van der Waals surface area contributed by atoms with Crippen LogP contribution in [0.4, 0.5) is 4.39 Å². The second-order valence-electron chi connectivity index (χ2n) is 5.96. The first-order chi connectivity index (χ1) is 9.93. The third kappa shape index (κ3) is 3.94. The van der Waals surface area contributed by atoms with E-state index in [1.807, 2.05) is 0 Å². The first kappa shape index (κ1) is 15.8. The van der Waals surface area contributed by atoms with Crippen LogP contribution in [0.5, 0.6) is 5.75 Å². The van der Waals surface area contributed by atoms with Crippen molar-refractivity contribution in [3.8, 4) is 5.75 Å². The number of amides is 1. The van der Waals surface area contributed by atoms with Crippen LogP contribution in [0.3, 0.4) is 0 Å². The summed E-state index contributed by atoms with van der Waals surface area (Å²) in [6.07, 6.45) is 4.37. The molecule has 1 aromatic rings. The molecule has 1 saturated carbocycles. The predicted molar refractivity (Wildman–Crippen MR) is 79.4 cm³/mol. The van der Waals surface area contributed by atoms with Gasteiger partial charge in [0.15, 0.2) is 11.6 Å². The Labute approximate surface area is 125 Å². The quantitative estimate of drug-likeness (QED) is 0.907. The Morgan fingerprint density at radius 2 is 2.10 bits per heavy atom. The van der Waals surface area contributed by atoms with Gasteiger partial charge in [0.2, 0.25) is 5.91 Å². The minimum Gasteiger partial charge on any atom is -0.494 e. The lowest BCUT2D eigenvalue weighted by Gasteiger charge is -2.26. The largest absolute Gasteiger partial charge is 0.494 e. The molecule has 1 aliphatic rings. The fourth-order valence-electron chi connectivity index (χ4n) is 2.86. The highest BCUT2D eigenvalue weighted by Gasteiger charge is 2.32. The summed E-state index contributed by atoms with van der Waals surface area (Å²) in [5.41, 5.74) is 6.62. The second kappa shape index (κ2) is 6.43. The van der Waals surface area contributed by atoms with Crippen molar-refractivity contribution in [2.75, 3.05) is 14.2 Å². The smallest absolute Gasteiger partial charge is 0.224 e. The third-order valence-electron chi connectivity index (χ3n) is 4.16. The lowest BCUT2D eigenvalue weighted by molar-refractivity contribution is -0.131. The predicted octanol–water partition coefficient (Wildman–Crippen LogP) is 2.45. The fourth-order valence-corrected chi connectivity index (χ4v) is 2.86. The first-order valence-electron chi connectivity index (χ1n) is 7.29. The van der Waals surface area contributed by atoms with E-state index in [0.717, 1.165) is 31.2 Å². The molecule has 0 unspecified atom stereocenters. The van der Waals surface area contributed by atoms with E-state index >= 15 is 0 Å². The van der Waals surface area contributed by atoms with Crippen LogP contribution in [-0.2, 0) is 11.3 Å². The summed E-state index contributed by atoms with van der Waals surface area (Å²) in [4.78, 5) is 13.8. The maximum absolute atomic E-state index is 13.6. The summed E-state index contributed by atoms with van der Waals surface area (Å²) >= 11 is 0. The Morgan fingerprint density at radius 1 is 1.43 bits per heavy atom. The molecule has 0 heterocycles. The van der Waals surface area contributed by atoms with Gasteiger partial charge in [0.25, 0.3) is 0 Å².